The Morgan fingerprint density at radius 1 is 0.974 bits per heavy atom. The molecular formula is C30H36N6O3. The predicted molar refractivity (Wildman–Crippen MR) is 155 cm³/mol. The summed E-state index contributed by atoms with van der Waals surface area (Å²) in [5, 5.41) is 3.89. The lowest BCUT2D eigenvalue weighted by Gasteiger charge is -2.34. The number of piperazine rings is 1. The van der Waals surface area contributed by atoms with Crippen molar-refractivity contribution >= 4 is 22.6 Å². The second-order valence-corrected chi connectivity index (χ2v) is 9.63. The monoisotopic (exact) mass is 528 g/mol. The van der Waals surface area contributed by atoms with Gasteiger partial charge in [-0.2, -0.15) is 0 Å². The standard InChI is InChI=1S/C30H36N6O3/c1-4-34-15-17-35(18-16-34)13-10-22-5-7-23(8-6-22)30(37)33-29-20-25(9-12-32-29)39-28-19-24-11-14-36(31-2)26(24)21-27(28)38-3/h5-9,11-12,14,19-21,31H,4,10,13,15-18H2,1-3H3,(H,32,33,37). The van der Waals surface area contributed by atoms with Gasteiger partial charge >= 0.3 is 0 Å². The Bertz CT molecular complexity index is 1410. The van der Waals surface area contributed by atoms with Gasteiger partial charge in [0.2, 0.25) is 0 Å². The first-order valence-corrected chi connectivity index (χ1v) is 13.4. The second-order valence-electron chi connectivity index (χ2n) is 9.63. The van der Waals surface area contributed by atoms with E-state index in [1.165, 1.54) is 5.56 Å². The third kappa shape index (κ3) is 6.32. The van der Waals surface area contributed by atoms with Crippen molar-refractivity contribution < 1.29 is 14.3 Å². The molecule has 1 aliphatic heterocycles. The molecule has 5 rings (SSSR count). The molecule has 1 saturated heterocycles. The normalized spacial score (nSPS) is 14.3. The van der Waals surface area contributed by atoms with Crippen LogP contribution in [0.2, 0.25) is 0 Å². The first-order chi connectivity index (χ1) is 19.1. The van der Waals surface area contributed by atoms with Crippen LogP contribution in [0.3, 0.4) is 0 Å². The molecule has 0 atom stereocenters. The molecule has 3 heterocycles. The number of pyridine rings is 1. The summed E-state index contributed by atoms with van der Waals surface area (Å²) in [7, 11) is 3.46. The number of fused-ring (bicyclic) bond motifs is 1. The molecule has 204 valence electrons. The number of hydrogen-bond acceptors (Lipinski definition) is 7. The summed E-state index contributed by atoms with van der Waals surface area (Å²) in [5.74, 6) is 1.91. The highest BCUT2D eigenvalue weighted by molar-refractivity contribution is 6.03. The van der Waals surface area contributed by atoms with Crippen LogP contribution in [-0.2, 0) is 6.42 Å². The Morgan fingerprint density at radius 3 is 2.46 bits per heavy atom. The molecule has 0 spiro atoms. The van der Waals surface area contributed by atoms with E-state index in [0.29, 0.717) is 28.6 Å². The number of nitrogens with zero attached hydrogens (tertiary/aromatic N) is 4. The zero-order valence-electron chi connectivity index (χ0n) is 22.8. The number of likely N-dealkylation sites (N-methyl/N-ethyl adjacent to an activating group) is 1. The van der Waals surface area contributed by atoms with Crippen molar-refractivity contribution in [3.8, 4) is 17.2 Å². The number of carbonyl (C=O) groups is 1. The highest BCUT2D eigenvalue weighted by atomic mass is 16.5. The summed E-state index contributed by atoms with van der Waals surface area (Å²) in [6.07, 6.45) is 4.52. The minimum absolute atomic E-state index is 0.214. The molecule has 0 unspecified atom stereocenters. The number of aromatic nitrogens is 2. The molecule has 4 aromatic rings. The van der Waals surface area contributed by atoms with Crippen LogP contribution in [-0.4, -0.2) is 78.8 Å². The van der Waals surface area contributed by atoms with Crippen molar-refractivity contribution in [2.24, 2.45) is 0 Å². The van der Waals surface area contributed by atoms with Crippen LogP contribution in [0, 0.1) is 0 Å². The fourth-order valence-electron chi connectivity index (χ4n) is 4.87. The molecule has 1 aliphatic rings. The van der Waals surface area contributed by atoms with Crippen LogP contribution in [0.25, 0.3) is 10.9 Å². The van der Waals surface area contributed by atoms with E-state index in [-0.39, 0.29) is 5.91 Å². The number of carbonyl (C=O) groups excluding carboxylic acids is 1. The van der Waals surface area contributed by atoms with Crippen molar-refractivity contribution in [1.29, 1.82) is 0 Å². The zero-order chi connectivity index (χ0) is 27.2. The molecule has 2 N–H and O–H groups in total. The molecule has 9 nitrogen and oxygen atoms in total. The average molecular weight is 529 g/mol. The highest BCUT2D eigenvalue weighted by Gasteiger charge is 2.16. The van der Waals surface area contributed by atoms with Gasteiger partial charge in [-0.25, -0.2) is 4.98 Å². The zero-order valence-corrected chi connectivity index (χ0v) is 22.8. The Hall–Kier alpha value is -4.08. The number of nitrogens with one attached hydrogen (secondary N) is 2. The van der Waals surface area contributed by atoms with Crippen LogP contribution in [0.15, 0.2) is 67.0 Å². The quantitative estimate of drug-likeness (QED) is 0.315. The third-order valence-electron chi connectivity index (χ3n) is 7.26. The fourth-order valence-corrected chi connectivity index (χ4v) is 4.87. The Kier molecular flexibility index (Phi) is 8.29. The second kappa shape index (κ2) is 12.2. The number of benzene rings is 2. The molecular weight excluding hydrogens is 492 g/mol. The van der Waals surface area contributed by atoms with Gasteiger partial charge in [-0.3, -0.25) is 9.47 Å². The van der Waals surface area contributed by atoms with E-state index in [9.17, 15) is 4.79 Å². The maximum atomic E-state index is 12.9. The van der Waals surface area contributed by atoms with E-state index in [1.54, 1.807) is 25.4 Å². The van der Waals surface area contributed by atoms with Crippen LogP contribution < -0.4 is 20.2 Å². The van der Waals surface area contributed by atoms with Gasteiger partial charge in [0.1, 0.15) is 11.6 Å². The summed E-state index contributed by atoms with van der Waals surface area (Å²) in [6.45, 7) is 8.91. The highest BCUT2D eigenvalue weighted by Crippen LogP contribution is 2.36. The molecule has 9 heteroatoms. The minimum atomic E-state index is -0.214. The van der Waals surface area contributed by atoms with Crippen LogP contribution in [0.4, 0.5) is 5.82 Å². The summed E-state index contributed by atoms with van der Waals surface area (Å²) >= 11 is 0. The number of methoxy groups -OCH3 is 1. The maximum absolute atomic E-state index is 12.9. The van der Waals surface area contributed by atoms with Crippen molar-refractivity contribution in [2.75, 3.05) is 64.2 Å². The van der Waals surface area contributed by atoms with Crippen molar-refractivity contribution in [3.05, 3.63) is 78.1 Å². The van der Waals surface area contributed by atoms with E-state index < -0.39 is 0 Å². The Balaban J connectivity index is 1.19. The molecule has 2 aromatic heterocycles. The Labute approximate surface area is 229 Å². The first kappa shape index (κ1) is 26.5. The molecule has 1 amide bonds. The first-order valence-electron chi connectivity index (χ1n) is 13.4. The van der Waals surface area contributed by atoms with Gasteiger partial charge in [-0.05, 0) is 48.9 Å². The third-order valence-corrected chi connectivity index (χ3v) is 7.26. The van der Waals surface area contributed by atoms with Gasteiger partial charge in [0.05, 0.1) is 12.6 Å². The van der Waals surface area contributed by atoms with Crippen molar-refractivity contribution in [1.82, 2.24) is 19.5 Å². The Morgan fingerprint density at radius 2 is 1.74 bits per heavy atom. The predicted octanol–water partition coefficient (Wildman–Crippen LogP) is 4.44. The smallest absolute Gasteiger partial charge is 0.256 e. The van der Waals surface area contributed by atoms with Crippen LogP contribution >= 0.6 is 0 Å². The lowest BCUT2D eigenvalue weighted by atomic mass is 10.1. The van der Waals surface area contributed by atoms with Crippen LogP contribution in [0.1, 0.15) is 22.8 Å². The number of amides is 1. The molecule has 0 bridgehead atoms. The summed E-state index contributed by atoms with van der Waals surface area (Å²) in [6, 6.07) is 17.1. The van der Waals surface area contributed by atoms with E-state index in [4.69, 9.17) is 9.47 Å². The summed E-state index contributed by atoms with van der Waals surface area (Å²) in [4.78, 5) is 22.2. The van der Waals surface area contributed by atoms with Gasteiger partial charge in [0.25, 0.3) is 5.91 Å². The number of anilines is 1. The SMILES string of the molecule is CCN1CCN(CCc2ccc(C(=O)Nc3cc(Oc4cc5ccn(NC)c5cc4OC)ccn3)cc2)CC1. The number of hydrogen-bond donors (Lipinski definition) is 2. The lowest BCUT2D eigenvalue weighted by molar-refractivity contribution is 0.102. The number of rotatable bonds is 10. The van der Waals surface area contributed by atoms with Gasteiger partial charge in [-0.1, -0.05) is 19.1 Å². The number of ether oxygens (including phenoxy) is 2. The molecule has 1 fully saturated rings. The summed E-state index contributed by atoms with van der Waals surface area (Å²) in [5.41, 5.74) is 5.90. The van der Waals surface area contributed by atoms with Gasteiger partial charge in [0.15, 0.2) is 11.5 Å². The maximum Gasteiger partial charge on any atom is 0.256 e. The summed E-state index contributed by atoms with van der Waals surface area (Å²) < 4.78 is 13.6. The van der Waals surface area contributed by atoms with E-state index >= 15 is 0 Å². The van der Waals surface area contributed by atoms with Crippen molar-refractivity contribution in [2.45, 2.75) is 13.3 Å². The molecule has 0 aliphatic carbocycles. The fraction of sp³-hybridized carbons (Fsp3) is 0.333. The molecule has 39 heavy (non-hydrogen) atoms. The largest absolute Gasteiger partial charge is 0.493 e. The molecule has 2 aromatic carbocycles. The van der Waals surface area contributed by atoms with Gasteiger partial charge in [0, 0.05) is 75.2 Å². The van der Waals surface area contributed by atoms with Crippen LogP contribution in [0.5, 0.6) is 17.2 Å². The average Bonchev–Trinajstić information content (AvgIpc) is 3.38. The van der Waals surface area contributed by atoms with E-state index in [2.05, 4.69) is 32.5 Å². The topological polar surface area (TPSA) is 83.9 Å². The van der Waals surface area contributed by atoms with Crippen molar-refractivity contribution in [3.63, 3.8) is 0 Å². The minimum Gasteiger partial charge on any atom is -0.493 e. The van der Waals surface area contributed by atoms with E-state index in [1.807, 2.05) is 60.4 Å². The molecule has 0 saturated carbocycles. The molecule has 0 radical (unpaired) electrons. The van der Waals surface area contributed by atoms with E-state index in [0.717, 1.165) is 56.6 Å². The van der Waals surface area contributed by atoms with Gasteiger partial charge < -0.3 is 30.0 Å². The van der Waals surface area contributed by atoms with Gasteiger partial charge in [-0.15, -0.1) is 0 Å². The lowest BCUT2D eigenvalue weighted by Crippen LogP contribution is -2.46.